The van der Waals surface area contributed by atoms with Gasteiger partial charge in [0.2, 0.25) is 5.88 Å². The van der Waals surface area contributed by atoms with Crippen molar-refractivity contribution in [1.29, 1.82) is 0 Å². The quantitative estimate of drug-likeness (QED) is 0.187. The summed E-state index contributed by atoms with van der Waals surface area (Å²) in [6, 6.07) is 10.1. The maximum absolute atomic E-state index is 12.5. The molecule has 0 radical (unpaired) electrons. The van der Waals surface area contributed by atoms with Gasteiger partial charge in [-0.15, -0.1) is 10.2 Å². The van der Waals surface area contributed by atoms with Crippen LogP contribution in [0.5, 0.6) is 0 Å². The summed E-state index contributed by atoms with van der Waals surface area (Å²) in [7, 11) is -9.07. The summed E-state index contributed by atoms with van der Waals surface area (Å²) >= 11 is 0. The SMILES string of the molecule is O=C(O)C1(N=Nc2ccn[nH]2)NN(c2ccc(S(=O)(=O)O)cc2)C(O)=C1c1ccc(S(=O)(=O)O)cc1. The highest BCUT2D eigenvalue weighted by Crippen LogP contribution is 2.41. The summed E-state index contributed by atoms with van der Waals surface area (Å²) in [5.74, 6) is -2.24. The predicted octanol–water partition coefficient (Wildman–Crippen LogP) is 1.72. The van der Waals surface area contributed by atoms with Gasteiger partial charge < -0.3 is 10.2 Å². The monoisotopic (exact) mass is 536 g/mol. The predicted molar refractivity (Wildman–Crippen MR) is 121 cm³/mol. The normalized spacial score (nSPS) is 18.8. The van der Waals surface area contributed by atoms with Crippen LogP contribution in [-0.4, -0.2) is 58.0 Å². The van der Waals surface area contributed by atoms with Crippen molar-refractivity contribution in [1.82, 2.24) is 15.6 Å². The Morgan fingerprint density at radius 1 is 0.917 bits per heavy atom. The van der Waals surface area contributed by atoms with E-state index in [1.807, 2.05) is 0 Å². The molecule has 36 heavy (non-hydrogen) atoms. The molecule has 188 valence electrons. The molecule has 1 aliphatic heterocycles. The maximum Gasteiger partial charge on any atom is 0.355 e. The number of hydrogen-bond donors (Lipinski definition) is 6. The summed E-state index contributed by atoms with van der Waals surface area (Å²) in [5, 5.41) is 36.0. The average Bonchev–Trinajstić information content (AvgIpc) is 3.43. The number of aliphatic carboxylic acids is 1. The largest absolute Gasteiger partial charge is 0.493 e. The van der Waals surface area contributed by atoms with Gasteiger partial charge in [0.05, 0.1) is 27.2 Å². The van der Waals surface area contributed by atoms with Crippen molar-refractivity contribution in [3.8, 4) is 0 Å². The molecule has 0 spiro atoms. The Morgan fingerprint density at radius 3 is 1.94 bits per heavy atom. The number of aromatic amines is 1. The Morgan fingerprint density at radius 2 is 1.47 bits per heavy atom. The molecule has 0 fully saturated rings. The Kier molecular flexibility index (Phi) is 6.10. The number of aromatic nitrogens is 2. The lowest BCUT2D eigenvalue weighted by atomic mass is 9.95. The molecule has 15 nitrogen and oxygen atoms in total. The minimum atomic E-state index is -4.55. The van der Waals surface area contributed by atoms with Crippen LogP contribution >= 0.6 is 0 Å². The van der Waals surface area contributed by atoms with Crippen molar-refractivity contribution in [2.24, 2.45) is 10.2 Å². The van der Waals surface area contributed by atoms with Gasteiger partial charge in [0, 0.05) is 6.07 Å². The fourth-order valence-electron chi connectivity index (χ4n) is 3.33. The maximum atomic E-state index is 12.5. The number of carboxylic acids is 1. The zero-order chi connectivity index (χ0) is 26.3. The highest BCUT2D eigenvalue weighted by molar-refractivity contribution is 7.86. The first kappa shape index (κ1) is 24.9. The van der Waals surface area contributed by atoms with Gasteiger partial charge in [-0.2, -0.15) is 27.4 Å². The Hall–Kier alpha value is -4.16. The number of carbonyl (C=O) groups is 1. The summed E-state index contributed by atoms with van der Waals surface area (Å²) < 4.78 is 64.0. The van der Waals surface area contributed by atoms with Crippen molar-refractivity contribution in [2.75, 3.05) is 5.01 Å². The van der Waals surface area contributed by atoms with E-state index in [0.717, 1.165) is 41.4 Å². The standard InChI is InChI=1S/C19H16N6O9S2/c26-17-16(11-1-5-13(6-2-11)35(29,30)31)19(18(27)28,23-22-15-9-10-20-21-15)24-25(17)12-3-7-14(8-4-12)36(32,33)34/h1-10,24,26H,(H,20,21)(H,27,28)(H,29,30,31)(H,32,33,34). The second kappa shape index (κ2) is 8.81. The van der Waals surface area contributed by atoms with Crippen LogP contribution in [0.1, 0.15) is 5.56 Å². The highest BCUT2D eigenvalue weighted by atomic mass is 32.2. The molecule has 0 bridgehead atoms. The van der Waals surface area contributed by atoms with E-state index in [0.29, 0.717) is 0 Å². The number of H-pyrrole nitrogens is 1. The third-order valence-electron chi connectivity index (χ3n) is 5.01. The van der Waals surface area contributed by atoms with E-state index in [4.69, 9.17) is 0 Å². The van der Waals surface area contributed by atoms with Gasteiger partial charge in [-0.25, -0.2) is 9.80 Å². The molecule has 1 atom stereocenters. The van der Waals surface area contributed by atoms with Gasteiger partial charge in [-0.1, -0.05) is 12.1 Å². The average molecular weight is 537 g/mol. The number of aliphatic hydroxyl groups excluding tert-OH is 1. The molecule has 17 heteroatoms. The van der Waals surface area contributed by atoms with Gasteiger partial charge in [-0.3, -0.25) is 14.2 Å². The van der Waals surface area contributed by atoms with Crippen molar-refractivity contribution in [3.05, 3.63) is 72.2 Å². The number of azo groups is 1. The zero-order valence-electron chi connectivity index (χ0n) is 17.7. The van der Waals surface area contributed by atoms with Gasteiger partial charge in [-0.05, 0) is 42.0 Å². The third-order valence-corrected chi connectivity index (χ3v) is 6.74. The lowest BCUT2D eigenvalue weighted by molar-refractivity contribution is -0.141. The summed E-state index contributed by atoms with van der Waals surface area (Å²) in [4.78, 5) is 11.6. The molecule has 4 rings (SSSR count). The van der Waals surface area contributed by atoms with Crippen LogP contribution in [0.4, 0.5) is 11.5 Å². The van der Waals surface area contributed by atoms with Crippen molar-refractivity contribution < 1.29 is 40.9 Å². The molecule has 1 unspecified atom stereocenters. The van der Waals surface area contributed by atoms with Crippen molar-refractivity contribution in [3.63, 3.8) is 0 Å². The molecular formula is C19H16N6O9S2. The minimum Gasteiger partial charge on any atom is -0.493 e. The summed E-state index contributed by atoms with van der Waals surface area (Å²) in [5.41, 5.74) is -0.261. The summed E-state index contributed by atoms with van der Waals surface area (Å²) in [6.45, 7) is 0. The third kappa shape index (κ3) is 4.55. The van der Waals surface area contributed by atoms with Crippen molar-refractivity contribution >= 4 is 43.3 Å². The molecule has 0 aliphatic carbocycles. The van der Waals surface area contributed by atoms with Gasteiger partial charge in [0.15, 0.2) is 5.82 Å². The topological polar surface area (TPSA) is 235 Å². The fourth-order valence-corrected chi connectivity index (χ4v) is 4.29. The Balaban J connectivity index is 1.89. The van der Waals surface area contributed by atoms with Crippen LogP contribution in [0.3, 0.4) is 0 Å². The number of aliphatic hydroxyl groups is 1. The van der Waals surface area contributed by atoms with E-state index in [-0.39, 0.29) is 22.6 Å². The number of nitrogens with one attached hydrogen (secondary N) is 2. The second-order valence-electron chi connectivity index (χ2n) is 7.27. The fraction of sp³-hybridized carbons (Fsp3) is 0.0526. The molecule has 2 heterocycles. The van der Waals surface area contributed by atoms with Gasteiger partial charge in [0.1, 0.15) is 0 Å². The number of rotatable bonds is 7. The van der Waals surface area contributed by atoms with Crippen molar-refractivity contribution in [2.45, 2.75) is 15.5 Å². The molecular weight excluding hydrogens is 520 g/mol. The number of nitrogens with zero attached hydrogens (tertiary/aromatic N) is 4. The van der Waals surface area contributed by atoms with Gasteiger partial charge in [0.25, 0.3) is 25.9 Å². The Bertz CT molecular complexity index is 1580. The first-order valence-corrected chi connectivity index (χ1v) is 12.5. The molecule has 0 amide bonds. The van der Waals surface area contributed by atoms with Crippen LogP contribution in [0.2, 0.25) is 0 Å². The first-order valence-electron chi connectivity index (χ1n) is 9.66. The number of anilines is 1. The van der Waals surface area contributed by atoms with E-state index in [2.05, 4.69) is 25.9 Å². The van der Waals surface area contributed by atoms with E-state index in [1.54, 1.807) is 0 Å². The number of hydrogen-bond acceptors (Lipinski definition) is 11. The molecule has 3 aromatic rings. The molecule has 2 aromatic carbocycles. The van der Waals surface area contributed by atoms with Crippen LogP contribution in [0.25, 0.3) is 5.57 Å². The first-order chi connectivity index (χ1) is 16.8. The number of carboxylic acid groups (broad SMARTS) is 1. The highest BCUT2D eigenvalue weighted by Gasteiger charge is 2.53. The van der Waals surface area contributed by atoms with Crippen LogP contribution in [-0.2, 0) is 25.0 Å². The van der Waals surface area contributed by atoms with E-state index in [1.165, 1.54) is 24.4 Å². The van der Waals surface area contributed by atoms with Crippen LogP contribution in [0.15, 0.2) is 86.7 Å². The lowest BCUT2D eigenvalue weighted by Gasteiger charge is -2.25. The summed E-state index contributed by atoms with van der Waals surface area (Å²) in [6.07, 6.45) is 1.34. The second-order valence-corrected chi connectivity index (χ2v) is 10.1. The molecule has 0 saturated heterocycles. The minimum absolute atomic E-state index is 0.00424. The van der Waals surface area contributed by atoms with Crippen LogP contribution in [0, 0.1) is 0 Å². The molecule has 1 aromatic heterocycles. The molecule has 1 aliphatic rings. The smallest absolute Gasteiger partial charge is 0.355 e. The molecule has 6 N–H and O–H groups in total. The molecule has 0 saturated carbocycles. The number of benzene rings is 2. The Labute approximate surface area is 202 Å². The van der Waals surface area contributed by atoms with Gasteiger partial charge >= 0.3 is 5.97 Å². The van der Waals surface area contributed by atoms with E-state index < -0.39 is 47.5 Å². The van der Waals surface area contributed by atoms with E-state index in [9.17, 15) is 40.9 Å². The van der Waals surface area contributed by atoms with Crippen LogP contribution < -0.4 is 10.4 Å². The number of hydrazine groups is 1. The zero-order valence-corrected chi connectivity index (χ0v) is 19.3. The van der Waals surface area contributed by atoms with E-state index >= 15 is 0 Å². The lowest BCUT2D eigenvalue weighted by Crippen LogP contribution is -2.52.